The molecule has 1 aromatic rings. The van der Waals surface area contributed by atoms with E-state index in [-0.39, 0.29) is 17.9 Å². The molecule has 4 rings (SSSR count). The Labute approximate surface area is 137 Å². The van der Waals surface area contributed by atoms with Gasteiger partial charge in [0.15, 0.2) is 0 Å². The van der Waals surface area contributed by atoms with Crippen molar-refractivity contribution >= 4 is 23.5 Å². The largest absolute Gasteiger partial charge is 0.465 e. The van der Waals surface area contributed by atoms with E-state index in [4.69, 9.17) is 9.47 Å². The van der Waals surface area contributed by atoms with E-state index in [9.17, 15) is 19.5 Å². The van der Waals surface area contributed by atoms with Crippen LogP contribution in [0.2, 0.25) is 0 Å². The predicted octanol–water partition coefficient (Wildman–Crippen LogP) is 0.278. The van der Waals surface area contributed by atoms with Crippen LogP contribution < -0.4 is 4.90 Å². The first kappa shape index (κ1) is 15.0. The highest BCUT2D eigenvalue weighted by atomic mass is 16.5. The van der Waals surface area contributed by atoms with E-state index in [1.165, 1.54) is 19.2 Å². The molecule has 1 N–H and O–H groups in total. The molecule has 0 aliphatic carbocycles. The maximum absolute atomic E-state index is 12.9. The van der Waals surface area contributed by atoms with Crippen LogP contribution >= 0.6 is 0 Å². The van der Waals surface area contributed by atoms with Gasteiger partial charge in [-0.3, -0.25) is 9.59 Å². The molecular formula is C17H15NO6. The number of nitrogens with zero attached hydrogens (tertiary/aromatic N) is 1. The van der Waals surface area contributed by atoms with Crippen molar-refractivity contribution in [2.24, 2.45) is 11.8 Å². The molecule has 3 heterocycles. The Bertz CT molecular complexity index is 787. The number of anilines is 1. The summed E-state index contributed by atoms with van der Waals surface area (Å²) >= 11 is 0. The minimum atomic E-state index is -1.16. The number of aliphatic hydroxyl groups excluding tert-OH is 1. The highest BCUT2D eigenvalue weighted by molar-refractivity contribution is 6.25. The molecular weight excluding hydrogens is 314 g/mol. The maximum atomic E-state index is 12.9. The van der Waals surface area contributed by atoms with Crippen molar-refractivity contribution in [2.75, 3.05) is 18.6 Å². The van der Waals surface area contributed by atoms with Crippen molar-refractivity contribution in [1.29, 1.82) is 0 Å². The van der Waals surface area contributed by atoms with Crippen molar-refractivity contribution in [3.63, 3.8) is 0 Å². The second-order valence-electron chi connectivity index (χ2n) is 6.08. The minimum absolute atomic E-state index is 0.140. The van der Waals surface area contributed by atoms with Gasteiger partial charge in [-0.25, -0.2) is 9.69 Å². The van der Waals surface area contributed by atoms with Crippen LogP contribution in [-0.4, -0.2) is 48.3 Å². The van der Waals surface area contributed by atoms with Gasteiger partial charge in [-0.15, -0.1) is 0 Å². The first-order valence-corrected chi connectivity index (χ1v) is 7.57. The Balaban J connectivity index is 1.80. The summed E-state index contributed by atoms with van der Waals surface area (Å²) in [4.78, 5) is 38.8. The molecule has 1 aromatic carbocycles. The fourth-order valence-corrected chi connectivity index (χ4v) is 3.87. The number of imide groups is 1. The van der Waals surface area contributed by atoms with Crippen LogP contribution in [0.5, 0.6) is 0 Å². The van der Waals surface area contributed by atoms with Crippen LogP contribution in [0.25, 0.3) is 0 Å². The summed E-state index contributed by atoms with van der Waals surface area (Å²) in [5.41, 5.74) is -0.820. The third-order valence-electron chi connectivity index (χ3n) is 4.95. The molecule has 0 spiro atoms. The van der Waals surface area contributed by atoms with Crippen molar-refractivity contribution in [1.82, 2.24) is 0 Å². The van der Waals surface area contributed by atoms with Crippen LogP contribution in [0, 0.1) is 11.8 Å². The molecule has 2 saturated heterocycles. The average Bonchev–Trinajstić information content (AvgIpc) is 3.25. The van der Waals surface area contributed by atoms with Gasteiger partial charge in [-0.2, -0.15) is 0 Å². The summed E-state index contributed by atoms with van der Waals surface area (Å²) in [5.74, 6) is -2.98. The van der Waals surface area contributed by atoms with E-state index in [0.29, 0.717) is 0 Å². The number of ether oxygens (including phenoxy) is 2. The number of benzene rings is 1. The summed E-state index contributed by atoms with van der Waals surface area (Å²) in [6, 6.07) is 6.30. The predicted molar refractivity (Wildman–Crippen MR) is 81.1 cm³/mol. The highest BCUT2D eigenvalue weighted by Crippen LogP contribution is 2.52. The van der Waals surface area contributed by atoms with Crippen LogP contribution in [0.3, 0.4) is 0 Å². The molecule has 3 aliphatic rings. The van der Waals surface area contributed by atoms with E-state index >= 15 is 0 Å². The number of aliphatic hydroxyl groups is 1. The number of methoxy groups -OCH3 is 1. The average molecular weight is 329 g/mol. The van der Waals surface area contributed by atoms with Crippen molar-refractivity contribution in [2.45, 2.75) is 11.7 Å². The van der Waals surface area contributed by atoms with E-state index in [0.717, 1.165) is 4.90 Å². The zero-order valence-corrected chi connectivity index (χ0v) is 12.8. The minimum Gasteiger partial charge on any atom is -0.465 e. The number of esters is 1. The molecule has 3 aliphatic heterocycles. The number of para-hydroxylation sites is 1. The number of fused-ring (bicyclic) bond motifs is 5. The lowest BCUT2D eigenvalue weighted by atomic mass is 9.77. The van der Waals surface area contributed by atoms with Gasteiger partial charge < -0.3 is 14.6 Å². The molecule has 2 amide bonds. The summed E-state index contributed by atoms with van der Waals surface area (Å²) in [5, 5.41) is 9.70. The lowest BCUT2D eigenvalue weighted by molar-refractivity contribution is -0.128. The third kappa shape index (κ3) is 1.71. The molecule has 2 fully saturated rings. The van der Waals surface area contributed by atoms with Gasteiger partial charge in [0.2, 0.25) is 11.8 Å². The molecule has 0 aromatic heterocycles. The van der Waals surface area contributed by atoms with Crippen molar-refractivity contribution in [3.05, 3.63) is 42.0 Å². The second-order valence-corrected chi connectivity index (χ2v) is 6.08. The SMILES string of the molecule is COC(=O)c1ccccc1N1C(=O)[C@H]2[C@H]3C=C[C@@](CO)(O3)[C@H]2C1=O. The zero-order valence-electron chi connectivity index (χ0n) is 12.8. The molecule has 124 valence electrons. The van der Waals surface area contributed by atoms with Crippen molar-refractivity contribution in [3.8, 4) is 0 Å². The van der Waals surface area contributed by atoms with E-state index < -0.39 is 41.3 Å². The van der Waals surface area contributed by atoms with Gasteiger partial charge in [0.05, 0.1) is 42.9 Å². The number of carbonyl (C=O) groups excluding carboxylic acids is 3. The lowest BCUT2D eigenvalue weighted by Crippen LogP contribution is -2.43. The smallest absolute Gasteiger partial charge is 0.339 e. The number of carbonyl (C=O) groups is 3. The van der Waals surface area contributed by atoms with Gasteiger partial charge in [0.25, 0.3) is 0 Å². The van der Waals surface area contributed by atoms with Gasteiger partial charge in [-0.05, 0) is 12.1 Å². The maximum Gasteiger partial charge on any atom is 0.339 e. The molecule has 7 heteroatoms. The molecule has 24 heavy (non-hydrogen) atoms. The zero-order chi connectivity index (χ0) is 17.1. The molecule has 0 radical (unpaired) electrons. The lowest BCUT2D eigenvalue weighted by Gasteiger charge is -2.26. The van der Waals surface area contributed by atoms with Crippen molar-refractivity contribution < 1.29 is 29.0 Å². The summed E-state index contributed by atoms with van der Waals surface area (Å²) < 4.78 is 10.4. The number of amides is 2. The Kier molecular flexibility index (Phi) is 3.13. The summed E-state index contributed by atoms with van der Waals surface area (Å²) in [6.45, 7) is -0.382. The molecule has 7 nitrogen and oxygen atoms in total. The summed E-state index contributed by atoms with van der Waals surface area (Å²) in [7, 11) is 1.24. The fraction of sp³-hybridized carbons (Fsp3) is 0.353. The molecule has 4 atom stereocenters. The molecule has 0 saturated carbocycles. The second kappa shape index (κ2) is 4.99. The van der Waals surface area contributed by atoms with Crippen LogP contribution in [0.1, 0.15) is 10.4 Å². The first-order chi connectivity index (χ1) is 11.5. The monoisotopic (exact) mass is 329 g/mol. The van der Waals surface area contributed by atoms with Gasteiger partial charge in [-0.1, -0.05) is 24.3 Å². The number of hydrogen-bond donors (Lipinski definition) is 1. The van der Waals surface area contributed by atoms with E-state index in [1.54, 1.807) is 24.3 Å². The quantitative estimate of drug-likeness (QED) is 0.486. The Morgan fingerprint density at radius 1 is 1.33 bits per heavy atom. The Morgan fingerprint density at radius 2 is 2.08 bits per heavy atom. The van der Waals surface area contributed by atoms with E-state index in [1.807, 2.05) is 0 Å². The fourth-order valence-electron chi connectivity index (χ4n) is 3.87. The van der Waals surface area contributed by atoms with Crippen LogP contribution in [-0.2, 0) is 19.1 Å². The standard InChI is InChI=1S/C17H15NO6/c1-23-16(22)9-4-2-3-5-10(9)18-14(20)12-11-6-7-17(8-19,24-11)13(12)15(18)21/h2-7,11-13,19H,8H2,1H3/t11-,12+,13-,17+/m1/s1. The number of rotatable bonds is 3. The molecule has 0 unspecified atom stereocenters. The first-order valence-electron chi connectivity index (χ1n) is 7.57. The topological polar surface area (TPSA) is 93.1 Å². The summed E-state index contributed by atoms with van der Waals surface area (Å²) in [6.07, 6.45) is 2.83. The van der Waals surface area contributed by atoms with Gasteiger partial charge >= 0.3 is 5.97 Å². The molecule has 2 bridgehead atoms. The van der Waals surface area contributed by atoms with E-state index in [2.05, 4.69) is 0 Å². The Morgan fingerprint density at radius 3 is 2.79 bits per heavy atom. The van der Waals surface area contributed by atoms with Gasteiger partial charge in [0, 0.05) is 0 Å². The third-order valence-corrected chi connectivity index (χ3v) is 4.95. The highest BCUT2D eigenvalue weighted by Gasteiger charge is 2.67. The van der Waals surface area contributed by atoms with Gasteiger partial charge in [0.1, 0.15) is 5.60 Å². The number of hydrogen-bond acceptors (Lipinski definition) is 6. The van der Waals surface area contributed by atoms with Crippen LogP contribution in [0.15, 0.2) is 36.4 Å². The van der Waals surface area contributed by atoms with Crippen LogP contribution in [0.4, 0.5) is 5.69 Å². The Hall–Kier alpha value is -2.51. The normalized spacial score (nSPS) is 33.2.